The number of hydrogen-bond donors (Lipinski definition) is 3. The van der Waals surface area contributed by atoms with Crippen LogP contribution >= 0.6 is 15.9 Å². The topological polar surface area (TPSA) is 69.1 Å². The molecule has 13 heavy (non-hydrogen) atoms. The Labute approximate surface area is 82.4 Å². The third-order valence-electron chi connectivity index (χ3n) is 1.80. The summed E-state index contributed by atoms with van der Waals surface area (Å²) in [7, 11) is 0. The Morgan fingerprint density at radius 2 is 2.15 bits per heavy atom. The van der Waals surface area contributed by atoms with Crippen LogP contribution in [0.1, 0.15) is 11.9 Å². The zero-order valence-electron chi connectivity index (χ0n) is 6.53. The Bertz CT molecular complexity index is 439. The molecular weight excluding hydrogens is 236 g/mol. The summed E-state index contributed by atoms with van der Waals surface area (Å²) in [6, 6.07) is 3.60. The number of pyridine rings is 1. The monoisotopic (exact) mass is 242 g/mol. The van der Waals surface area contributed by atoms with E-state index >= 15 is 0 Å². The summed E-state index contributed by atoms with van der Waals surface area (Å²) < 4.78 is 0.668. The zero-order valence-corrected chi connectivity index (χ0v) is 8.12. The number of hydrogen-bond acceptors (Lipinski definition) is 3. The van der Waals surface area contributed by atoms with Crippen LogP contribution in [0.15, 0.2) is 22.9 Å². The van der Waals surface area contributed by atoms with E-state index in [4.69, 9.17) is 10.2 Å². The van der Waals surface area contributed by atoms with Gasteiger partial charge in [0.2, 0.25) is 0 Å². The predicted octanol–water partition coefficient (Wildman–Crippen LogP) is 1.31. The molecule has 2 rings (SSSR count). The number of halogens is 1. The van der Waals surface area contributed by atoms with Gasteiger partial charge in [-0.1, -0.05) is 0 Å². The molecule has 0 fully saturated rings. The molecule has 0 saturated carbocycles. The highest BCUT2D eigenvalue weighted by atomic mass is 79.9. The average molecular weight is 243 g/mol. The number of H-pyrrole nitrogens is 1. The van der Waals surface area contributed by atoms with Crippen LogP contribution in [0.5, 0.6) is 0 Å². The van der Waals surface area contributed by atoms with Gasteiger partial charge in [0.15, 0.2) is 6.29 Å². The van der Waals surface area contributed by atoms with E-state index in [-0.39, 0.29) is 0 Å². The molecule has 2 aromatic rings. The molecule has 5 heteroatoms. The lowest BCUT2D eigenvalue weighted by atomic mass is 10.2. The SMILES string of the molecule is OC(O)c1c[nH]c2ccc(Br)nc12. The number of nitrogens with zero attached hydrogens (tertiary/aromatic N) is 1. The highest BCUT2D eigenvalue weighted by Crippen LogP contribution is 2.22. The summed E-state index contributed by atoms with van der Waals surface area (Å²) in [5.41, 5.74) is 1.74. The molecule has 0 bridgehead atoms. The molecule has 0 aromatic carbocycles. The highest BCUT2D eigenvalue weighted by Gasteiger charge is 2.10. The van der Waals surface area contributed by atoms with Crippen molar-refractivity contribution >= 4 is 27.0 Å². The normalized spacial score (nSPS) is 11.4. The first-order valence-corrected chi connectivity index (χ1v) is 4.47. The lowest BCUT2D eigenvalue weighted by molar-refractivity contribution is -0.0414. The summed E-state index contributed by atoms with van der Waals surface area (Å²) in [4.78, 5) is 7.02. The second-order valence-electron chi connectivity index (χ2n) is 2.65. The fourth-order valence-electron chi connectivity index (χ4n) is 1.19. The van der Waals surface area contributed by atoms with E-state index in [1.165, 1.54) is 6.20 Å². The van der Waals surface area contributed by atoms with Crippen LogP contribution in [-0.4, -0.2) is 20.2 Å². The summed E-state index contributed by atoms with van der Waals surface area (Å²) >= 11 is 3.21. The van der Waals surface area contributed by atoms with Crippen molar-refractivity contribution in [2.45, 2.75) is 6.29 Å². The van der Waals surface area contributed by atoms with Gasteiger partial charge in [0.1, 0.15) is 4.60 Å². The Kier molecular flexibility index (Phi) is 2.07. The van der Waals surface area contributed by atoms with Crippen molar-refractivity contribution in [2.75, 3.05) is 0 Å². The van der Waals surface area contributed by atoms with Gasteiger partial charge in [-0.05, 0) is 28.1 Å². The van der Waals surface area contributed by atoms with Crippen molar-refractivity contribution in [1.82, 2.24) is 9.97 Å². The standard InChI is InChI=1S/C8H7BrN2O2/c9-6-2-1-5-7(11-6)4(3-10-5)8(12)13/h1-3,8,10,12-13H. The molecule has 4 nitrogen and oxygen atoms in total. The highest BCUT2D eigenvalue weighted by molar-refractivity contribution is 9.10. The molecule has 0 atom stereocenters. The van der Waals surface area contributed by atoms with E-state index in [1.54, 1.807) is 6.07 Å². The molecular formula is C8H7BrN2O2. The van der Waals surface area contributed by atoms with Crippen LogP contribution in [0.3, 0.4) is 0 Å². The molecule has 0 aliphatic heterocycles. The second-order valence-corrected chi connectivity index (χ2v) is 3.46. The van der Waals surface area contributed by atoms with E-state index in [9.17, 15) is 0 Å². The Balaban J connectivity index is 2.71. The molecule has 3 N–H and O–H groups in total. The largest absolute Gasteiger partial charge is 0.364 e. The molecule has 0 aliphatic carbocycles. The second kappa shape index (κ2) is 3.10. The van der Waals surface area contributed by atoms with Gasteiger partial charge in [0, 0.05) is 6.20 Å². The van der Waals surface area contributed by atoms with Gasteiger partial charge >= 0.3 is 0 Å². The van der Waals surface area contributed by atoms with Gasteiger partial charge in [-0.15, -0.1) is 0 Å². The fraction of sp³-hybridized carbons (Fsp3) is 0.125. The van der Waals surface area contributed by atoms with Crippen LogP contribution in [0.25, 0.3) is 11.0 Å². The third-order valence-corrected chi connectivity index (χ3v) is 2.24. The van der Waals surface area contributed by atoms with E-state index in [0.29, 0.717) is 15.7 Å². The van der Waals surface area contributed by atoms with Crippen molar-refractivity contribution in [3.05, 3.63) is 28.5 Å². The Morgan fingerprint density at radius 1 is 1.38 bits per heavy atom. The molecule has 0 unspecified atom stereocenters. The lowest BCUT2D eigenvalue weighted by Gasteiger charge is -1.99. The van der Waals surface area contributed by atoms with Crippen LogP contribution in [0, 0.1) is 0 Å². The van der Waals surface area contributed by atoms with Gasteiger partial charge in [-0.3, -0.25) is 0 Å². The number of rotatable bonds is 1. The number of aromatic amines is 1. The maximum absolute atomic E-state index is 8.98. The minimum absolute atomic E-state index is 0.385. The van der Waals surface area contributed by atoms with E-state index in [0.717, 1.165) is 5.52 Å². The molecule has 0 aliphatic rings. The van der Waals surface area contributed by atoms with E-state index in [2.05, 4.69) is 25.9 Å². The minimum atomic E-state index is -1.49. The smallest absolute Gasteiger partial charge is 0.182 e. The first kappa shape index (κ1) is 8.68. The van der Waals surface area contributed by atoms with Gasteiger partial charge < -0.3 is 15.2 Å². The van der Waals surface area contributed by atoms with Crippen LogP contribution in [0.4, 0.5) is 0 Å². The summed E-state index contributed by atoms with van der Waals surface area (Å²) in [5.74, 6) is 0. The van der Waals surface area contributed by atoms with Gasteiger partial charge in [-0.25, -0.2) is 4.98 Å². The molecule has 2 heterocycles. The number of nitrogens with one attached hydrogen (secondary N) is 1. The maximum Gasteiger partial charge on any atom is 0.182 e. The number of aromatic nitrogens is 2. The first-order valence-electron chi connectivity index (χ1n) is 3.68. The molecule has 0 radical (unpaired) electrons. The number of aliphatic hydroxyl groups is 2. The molecule has 0 saturated heterocycles. The average Bonchev–Trinajstić information content (AvgIpc) is 2.46. The third kappa shape index (κ3) is 1.46. The summed E-state index contributed by atoms with van der Waals surface area (Å²) in [6.45, 7) is 0. The van der Waals surface area contributed by atoms with Crippen LogP contribution in [-0.2, 0) is 0 Å². The summed E-state index contributed by atoms with van der Waals surface area (Å²) in [6.07, 6.45) is 0.0462. The minimum Gasteiger partial charge on any atom is -0.364 e. The van der Waals surface area contributed by atoms with E-state index < -0.39 is 6.29 Å². The Morgan fingerprint density at radius 3 is 2.85 bits per heavy atom. The maximum atomic E-state index is 8.98. The molecule has 0 spiro atoms. The fourth-order valence-corrected chi connectivity index (χ4v) is 1.50. The Hall–Kier alpha value is -0.910. The molecule has 68 valence electrons. The first-order chi connectivity index (χ1) is 6.18. The van der Waals surface area contributed by atoms with Crippen molar-refractivity contribution in [1.29, 1.82) is 0 Å². The summed E-state index contributed by atoms with van der Waals surface area (Å²) in [5, 5.41) is 18.0. The van der Waals surface area contributed by atoms with Crippen LogP contribution < -0.4 is 0 Å². The van der Waals surface area contributed by atoms with Gasteiger partial charge in [0.05, 0.1) is 16.6 Å². The van der Waals surface area contributed by atoms with Gasteiger partial charge in [-0.2, -0.15) is 0 Å². The van der Waals surface area contributed by atoms with Crippen molar-refractivity contribution in [3.8, 4) is 0 Å². The molecule has 2 aromatic heterocycles. The molecule has 0 amide bonds. The number of fused-ring (bicyclic) bond motifs is 1. The van der Waals surface area contributed by atoms with Gasteiger partial charge in [0.25, 0.3) is 0 Å². The van der Waals surface area contributed by atoms with E-state index in [1.807, 2.05) is 6.07 Å². The lowest BCUT2D eigenvalue weighted by Crippen LogP contribution is -1.93. The van der Waals surface area contributed by atoms with Crippen molar-refractivity contribution < 1.29 is 10.2 Å². The van der Waals surface area contributed by atoms with Crippen molar-refractivity contribution in [2.24, 2.45) is 0 Å². The predicted molar refractivity (Wildman–Crippen MR) is 51.0 cm³/mol. The van der Waals surface area contributed by atoms with Crippen LogP contribution in [0.2, 0.25) is 0 Å². The van der Waals surface area contributed by atoms with Crippen molar-refractivity contribution in [3.63, 3.8) is 0 Å². The number of aliphatic hydroxyl groups excluding tert-OH is 1. The quantitative estimate of drug-likeness (QED) is 0.522. The zero-order chi connectivity index (χ0) is 9.42.